The Kier molecular flexibility index (Phi) is 7.52. The summed E-state index contributed by atoms with van der Waals surface area (Å²) in [4.78, 5) is 31.8. The van der Waals surface area contributed by atoms with Crippen molar-refractivity contribution in [3.63, 3.8) is 0 Å². The number of carbonyl (C=O) groups excluding carboxylic acids is 2. The number of hydrogen-bond acceptors (Lipinski definition) is 5. The number of ether oxygens (including phenoxy) is 1. The number of rotatable bonds is 8. The molecule has 3 rings (SSSR count). The number of methoxy groups -OCH3 is 1. The molecule has 0 aliphatic carbocycles. The molecule has 1 heterocycles. The fourth-order valence-electron chi connectivity index (χ4n) is 3.18. The van der Waals surface area contributed by atoms with Crippen LogP contribution in [-0.2, 0) is 9.59 Å². The Hall–Kier alpha value is -3.06. The normalized spacial score (nSPS) is 17.3. The van der Waals surface area contributed by atoms with Crippen LogP contribution in [0, 0.1) is 0 Å². The van der Waals surface area contributed by atoms with E-state index in [2.05, 4.69) is 30.7 Å². The van der Waals surface area contributed by atoms with Gasteiger partial charge in [-0.1, -0.05) is 56.0 Å². The third kappa shape index (κ3) is 5.55. The van der Waals surface area contributed by atoms with Gasteiger partial charge < -0.3 is 10.1 Å². The molecule has 1 atom stereocenters. The third-order valence-electron chi connectivity index (χ3n) is 4.87. The molecule has 1 unspecified atom stereocenters. The molecule has 162 valence electrons. The predicted molar refractivity (Wildman–Crippen MR) is 127 cm³/mol. The highest BCUT2D eigenvalue weighted by atomic mass is 32.2. The zero-order valence-electron chi connectivity index (χ0n) is 18.0. The van der Waals surface area contributed by atoms with Crippen LogP contribution in [0.1, 0.15) is 31.7 Å². The zero-order chi connectivity index (χ0) is 22.4. The van der Waals surface area contributed by atoms with E-state index < -0.39 is 5.25 Å². The second kappa shape index (κ2) is 10.3. The molecule has 0 spiro atoms. The fourth-order valence-corrected chi connectivity index (χ4v) is 4.35. The minimum atomic E-state index is -0.539. The van der Waals surface area contributed by atoms with Crippen LogP contribution >= 0.6 is 11.8 Å². The van der Waals surface area contributed by atoms with Crippen LogP contribution in [0.3, 0.4) is 0 Å². The van der Waals surface area contributed by atoms with E-state index in [0.29, 0.717) is 29.1 Å². The van der Waals surface area contributed by atoms with Crippen molar-refractivity contribution in [2.24, 2.45) is 4.99 Å². The van der Waals surface area contributed by atoms with Crippen molar-refractivity contribution in [1.82, 2.24) is 4.90 Å². The summed E-state index contributed by atoms with van der Waals surface area (Å²) in [7, 11) is 1.55. The SMILES string of the molecule is C=CCN1C(=O)C(CC(=O)Nc2ccccc2OC)SC1=Nc1ccc(C(C)C)cc1. The molecule has 0 radical (unpaired) electrons. The van der Waals surface area contributed by atoms with Gasteiger partial charge in [-0.05, 0) is 35.7 Å². The molecule has 1 aliphatic heterocycles. The maximum Gasteiger partial charge on any atom is 0.242 e. The van der Waals surface area contributed by atoms with Gasteiger partial charge in [0.2, 0.25) is 11.8 Å². The van der Waals surface area contributed by atoms with E-state index in [9.17, 15) is 9.59 Å². The Bertz CT molecular complexity index is 986. The average Bonchev–Trinajstić information content (AvgIpc) is 3.03. The van der Waals surface area contributed by atoms with E-state index in [-0.39, 0.29) is 18.2 Å². The number of para-hydroxylation sites is 2. The largest absolute Gasteiger partial charge is 0.495 e. The molecule has 6 nitrogen and oxygen atoms in total. The standard InChI is InChI=1S/C24H27N3O3S/c1-5-14-27-23(29)21(15-22(28)26-19-8-6-7-9-20(19)30-4)31-24(27)25-18-12-10-17(11-13-18)16(2)3/h5-13,16,21H,1,14-15H2,2-4H3,(H,26,28). The van der Waals surface area contributed by atoms with Gasteiger partial charge in [0, 0.05) is 13.0 Å². The molecule has 1 saturated heterocycles. The Labute approximate surface area is 187 Å². The molecular formula is C24H27N3O3S. The number of anilines is 1. The molecule has 2 aromatic rings. The summed E-state index contributed by atoms with van der Waals surface area (Å²) in [6.45, 7) is 8.36. The summed E-state index contributed by atoms with van der Waals surface area (Å²) in [6.07, 6.45) is 1.70. The van der Waals surface area contributed by atoms with Crippen LogP contribution in [0.5, 0.6) is 5.75 Å². The quantitative estimate of drug-likeness (QED) is 0.592. The number of carbonyl (C=O) groups is 2. The van der Waals surface area contributed by atoms with Crippen molar-refractivity contribution in [2.75, 3.05) is 19.0 Å². The topological polar surface area (TPSA) is 71.0 Å². The van der Waals surface area contributed by atoms with Crippen LogP contribution < -0.4 is 10.1 Å². The smallest absolute Gasteiger partial charge is 0.242 e. The number of benzene rings is 2. The molecule has 2 aromatic carbocycles. The number of aliphatic imine (C=N–C) groups is 1. The molecule has 0 aromatic heterocycles. The lowest BCUT2D eigenvalue weighted by atomic mass is 10.0. The predicted octanol–water partition coefficient (Wildman–Crippen LogP) is 4.96. The highest BCUT2D eigenvalue weighted by Gasteiger charge is 2.38. The number of amides is 2. The summed E-state index contributed by atoms with van der Waals surface area (Å²) in [6, 6.07) is 15.2. The number of amidine groups is 1. The van der Waals surface area contributed by atoms with Crippen LogP contribution in [0.15, 0.2) is 66.2 Å². The summed E-state index contributed by atoms with van der Waals surface area (Å²) in [5.41, 5.74) is 2.58. The maximum atomic E-state index is 12.9. The summed E-state index contributed by atoms with van der Waals surface area (Å²) >= 11 is 1.31. The first-order chi connectivity index (χ1) is 14.9. The van der Waals surface area contributed by atoms with Crippen molar-refractivity contribution in [3.8, 4) is 5.75 Å². The molecule has 0 bridgehead atoms. The Morgan fingerprint density at radius 2 is 1.97 bits per heavy atom. The minimum Gasteiger partial charge on any atom is -0.495 e. The van der Waals surface area contributed by atoms with Crippen LogP contribution in [0.2, 0.25) is 0 Å². The Morgan fingerprint density at radius 1 is 1.26 bits per heavy atom. The van der Waals surface area contributed by atoms with Gasteiger partial charge in [-0.15, -0.1) is 6.58 Å². The van der Waals surface area contributed by atoms with Gasteiger partial charge in [0.1, 0.15) is 11.0 Å². The zero-order valence-corrected chi connectivity index (χ0v) is 18.8. The first-order valence-electron chi connectivity index (χ1n) is 10.1. The van der Waals surface area contributed by atoms with E-state index in [1.807, 2.05) is 36.4 Å². The van der Waals surface area contributed by atoms with Gasteiger partial charge in [-0.3, -0.25) is 14.5 Å². The summed E-state index contributed by atoms with van der Waals surface area (Å²) in [5.74, 6) is 0.614. The van der Waals surface area contributed by atoms with Crippen LogP contribution in [0.4, 0.5) is 11.4 Å². The van der Waals surface area contributed by atoms with Crippen molar-refractivity contribution >= 4 is 40.1 Å². The first kappa shape index (κ1) is 22.6. The molecule has 0 saturated carbocycles. The fraction of sp³-hybridized carbons (Fsp3) is 0.292. The lowest BCUT2D eigenvalue weighted by Gasteiger charge is -2.14. The minimum absolute atomic E-state index is 0.0422. The summed E-state index contributed by atoms with van der Waals surface area (Å²) < 4.78 is 5.27. The van der Waals surface area contributed by atoms with Crippen LogP contribution in [-0.4, -0.2) is 40.8 Å². The third-order valence-corrected chi connectivity index (χ3v) is 6.04. The lowest BCUT2D eigenvalue weighted by Crippen LogP contribution is -2.33. The number of thioether (sulfide) groups is 1. The monoisotopic (exact) mass is 437 g/mol. The highest BCUT2D eigenvalue weighted by Crippen LogP contribution is 2.32. The molecule has 1 N–H and O–H groups in total. The van der Waals surface area contributed by atoms with Gasteiger partial charge in [0.15, 0.2) is 5.17 Å². The molecule has 1 aliphatic rings. The van der Waals surface area contributed by atoms with Gasteiger partial charge in [0.25, 0.3) is 0 Å². The molecule has 31 heavy (non-hydrogen) atoms. The van der Waals surface area contributed by atoms with Crippen molar-refractivity contribution in [2.45, 2.75) is 31.4 Å². The summed E-state index contributed by atoms with van der Waals surface area (Å²) in [5, 5.41) is 2.87. The van der Waals surface area contributed by atoms with E-state index in [4.69, 9.17) is 4.74 Å². The van der Waals surface area contributed by atoms with Gasteiger partial charge in [-0.25, -0.2) is 4.99 Å². The molecule has 7 heteroatoms. The van der Waals surface area contributed by atoms with Crippen molar-refractivity contribution in [1.29, 1.82) is 0 Å². The second-order valence-corrected chi connectivity index (χ2v) is 8.61. The van der Waals surface area contributed by atoms with E-state index in [0.717, 1.165) is 5.69 Å². The first-order valence-corrected chi connectivity index (χ1v) is 11.0. The number of hydrogen-bond donors (Lipinski definition) is 1. The van der Waals surface area contributed by atoms with E-state index in [1.165, 1.54) is 17.3 Å². The van der Waals surface area contributed by atoms with E-state index in [1.54, 1.807) is 30.2 Å². The maximum absolute atomic E-state index is 12.9. The second-order valence-electron chi connectivity index (χ2n) is 7.44. The molecule has 1 fully saturated rings. The number of nitrogens with zero attached hydrogens (tertiary/aromatic N) is 2. The highest BCUT2D eigenvalue weighted by molar-refractivity contribution is 8.15. The number of nitrogens with one attached hydrogen (secondary N) is 1. The Morgan fingerprint density at radius 3 is 2.61 bits per heavy atom. The Balaban J connectivity index is 1.74. The van der Waals surface area contributed by atoms with Gasteiger partial charge in [0.05, 0.1) is 18.5 Å². The van der Waals surface area contributed by atoms with Crippen molar-refractivity contribution < 1.29 is 14.3 Å². The molecular weight excluding hydrogens is 410 g/mol. The van der Waals surface area contributed by atoms with Crippen molar-refractivity contribution in [3.05, 3.63) is 66.7 Å². The van der Waals surface area contributed by atoms with Gasteiger partial charge >= 0.3 is 0 Å². The molecule has 2 amide bonds. The van der Waals surface area contributed by atoms with Gasteiger partial charge in [-0.2, -0.15) is 0 Å². The van der Waals surface area contributed by atoms with E-state index >= 15 is 0 Å². The van der Waals surface area contributed by atoms with Crippen LogP contribution in [0.25, 0.3) is 0 Å². The average molecular weight is 438 g/mol. The lowest BCUT2D eigenvalue weighted by molar-refractivity contribution is -0.127.